The van der Waals surface area contributed by atoms with Crippen LogP contribution in [0.25, 0.3) is 0 Å². The Kier molecular flexibility index (Phi) is 3.27. The molecule has 0 saturated carbocycles. The van der Waals surface area contributed by atoms with Crippen LogP contribution in [0.5, 0.6) is 0 Å². The number of aryl methyl sites for hydroxylation is 1. The highest BCUT2D eigenvalue weighted by Crippen LogP contribution is 2.30. The van der Waals surface area contributed by atoms with Crippen molar-refractivity contribution in [1.29, 1.82) is 0 Å². The lowest BCUT2D eigenvalue weighted by molar-refractivity contribution is -0.140. The molecule has 0 aliphatic rings. The molecule has 0 amide bonds. The Morgan fingerprint density at radius 3 is 2.62 bits per heavy atom. The van der Waals surface area contributed by atoms with Gasteiger partial charge in [-0.25, -0.2) is 4.98 Å². The summed E-state index contributed by atoms with van der Waals surface area (Å²) >= 11 is 1.03. The fraction of sp³-hybridized carbons (Fsp3) is 0.571. The summed E-state index contributed by atoms with van der Waals surface area (Å²) in [5, 5.41) is 1.53. The number of nitrogens with two attached hydrogens (primary N) is 1. The summed E-state index contributed by atoms with van der Waals surface area (Å²) < 4.78 is 36.1. The molecular weight excluding hydrogens is 201 g/mol. The lowest BCUT2D eigenvalue weighted by Crippen LogP contribution is -2.06. The van der Waals surface area contributed by atoms with Gasteiger partial charge in [0.1, 0.15) is 0 Å². The van der Waals surface area contributed by atoms with Crippen LogP contribution in [0.15, 0.2) is 5.38 Å². The monoisotopic (exact) mass is 210 g/mol. The zero-order chi connectivity index (χ0) is 9.90. The zero-order valence-corrected chi connectivity index (χ0v) is 7.58. The van der Waals surface area contributed by atoms with Gasteiger partial charge in [-0.15, -0.1) is 11.3 Å². The average molecular weight is 210 g/mol. The lowest BCUT2D eigenvalue weighted by atomic mass is 10.3. The van der Waals surface area contributed by atoms with Crippen LogP contribution < -0.4 is 5.73 Å². The van der Waals surface area contributed by atoms with Gasteiger partial charge >= 0.3 is 6.18 Å². The molecule has 2 nitrogen and oxygen atoms in total. The van der Waals surface area contributed by atoms with E-state index in [9.17, 15) is 13.2 Å². The molecule has 0 bridgehead atoms. The number of halogens is 3. The van der Waals surface area contributed by atoms with E-state index in [1.54, 1.807) is 0 Å². The summed E-state index contributed by atoms with van der Waals surface area (Å²) in [6.07, 6.45) is -3.13. The fourth-order valence-electron chi connectivity index (χ4n) is 0.809. The molecule has 0 aromatic carbocycles. The number of hydrogen-bond donors (Lipinski definition) is 1. The summed E-state index contributed by atoms with van der Waals surface area (Å²) in [6.45, 7) is 0.473. The van der Waals surface area contributed by atoms with E-state index in [2.05, 4.69) is 4.98 Å². The van der Waals surface area contributed by atoms with Crippen molar-refractivity contribution in [2.75, 3.05) is 6.54 Å². The minimum atomic E-state index is -4.32. The van der Waals surface area contributed by atoms with Gasteiger partial charge in [0.15, 0.2) is 5.69 Å². The first kappa shape index (κ1) is 10.5. The third-order valence-electron chi connectivity index (χ3n) is 1.44. The third-order valence-corrected chi connectivity index (χ3v) is 2.35. The van der Waals surface area contributed by atoms with Crippen molar-refractivity contribution < 1.29 is 13.2 Å². The third kappa shape index (κ3) is 2.96. The van der Waals surface area contributed by atoms with E-state index < -0.39 is 11.9 Å². The van der Waals surface area contributed by atoms with Gasteiger partial charge in [0, 0.05) is 11.8 Å². The molecule has 1 aromatic rings. The van der Waals surface area contributed by atoms with Crippen molar-refractivity contribution in [2.45, 2.75) is 19.0 Å². The highest BCUT2D eigenvalue weighted by molar-refractivity contribution is 7.09. The van der Waals surface area contributed by atoms with Gasteiger partial charge in [-0.05, 0) is 13.0 Å². The maximum absolute atomic E-state index is 12.0. The molecule has 0 fully saturated rings. The topological polar surface area (TPSA) is 38.9 Å². The normalized spacial score (nSPS) is 12.0. The van der Waals surface area contributed by atoms with Gasteiger partial charge in [-0.3, -0.25) is 0 Å². The van der Waals surface area contributed by atoms with Crippen molar-refractivity contribution >= 4 is 11.3 Å². The Hall–Kier alpha value is -0.620. The number of alkyl halides is 3. The molecule has 1 aromatic heterocycles. The summed E-state index contributed by atoms with van der Waals surface area (Å²) in [5.41, 5.74) is 4.42. The van der Waals surface area contributed by atoms with Gasteiger partial charge in [0.2, 0.25) is 0 Å². The first-order valence-electron chi connectivity index (χ1n) is 3.75. The smallest absolute Gasteiger partial charge is 0.330 e. The van der Waals surface area contributed by atoms with Gasteiger partial charge in [-0.1, -0.05) is 0 Å². The minimum Gasteiger partial charge on any atom is -0.330 e. The number of rotatable bonds is 3. The molecule has 2 N–H and O–H groups in total. The van der Waals surface area contributed by atoms with Crippen molar-refractivity contribution in [2.24, 2.45) is 5.73 Å². The molecule has 0 atom stereocenters. The number of nitrogens with zero attached hydrogens (tertiary/aromatic N) is 1. The molecular formula is C7H9F3N2S. The van der Waals surface area contributed by atoms with Gasteiger partial charge in [0.25, 0.3) is 0 Å². The highest BCUT2D eigenvalue weighted by atomic mass is 32.1. The molecule has 0 radical (unpaired) electrons. The van der Waals surface area contributed by atoms with Crippen LogP contribution in [-0.2, 0) is 12.6 Å². The van der Waals surface area contributed by atoms with Crippen LogP contribution >= 0.6 is 11.3 Å². The maximum Gasteiger partial charge on any atom is 0.434 e. The zero-order valence-electron chi connectivity index (χ0n) is 6.77. The molecule has 0 spiro atoms. The molecule has 0 aliphatic carbocycles. The van der Waals surface area contributed by atoms with Gasteiger partial charge in [0.05, 0.1) is 5.01 Å². The van der Waals surface area contributed by atoms with Crippen molar-refractivity contribution in [3.8, 4) is 0 Å². The predicted octanol–water partition coefficient (Wildman–Crippen LogP) is 2.05. The first-order valence-corrected chi connectivity index (χ1v) is 4.63. The largest absolute Gasteiger partial charge is 0.434 e. The van der Waals surface area contributed by atoms with Crippen LogP contribution in [-0.4, -0.2) is 11.5 Å². The average Bonchev–Trinajstić information content (AvgIpc) is 2.47. The standard InChI is InChI=1S/C7H9F3N2S/c8-7(9,10)5-4-13-6(12-5)2-1-3-11/h4H,1-3,11H2. The molecule has 74 valence electrons. The number of thiazole rings is 1. The van der Waals surface area contributed by atoms with Crippen LogP contribution in [0.2, 0.25) is 0 Å². The van der Waals surface area contributed by atoms with E-state index in [1.165, 1.54) is 0 Å². The van der Waals surface area contributed by atoms with Crippen LogP contribution in [0.1, 0.15) is 17.1 Å². The Morgan fingerprint density at radius 1 is 1.46 bits per heavy atom. The van der Waals surface area contributed by atoms with E-state index in [4.69, 9.17) is 5.73 Å². The van der Waals surface area contributed by atoms with E-state index >= 15 is 0 Å². The second-order valence-electron chi connectivity index (χ2n) is 2.52. The minimum absolute atomic E-state index is 0.473. The Morgan fingerprint density at radius 2 is 2.15 bits per heavy atom. The molecule has 1 rings (SSSR count). The maximum atomic E-state index is 12.0. The van der Waals surface area contributed by atoms with E-state index in [1.807, 2.05) is 0 Å². The Balaban J connectivity index is 2.64. The quantitative estimate of drug-likeness (QED) is 0.829. The SMILES string of the molecule is NCCCc1nc(C(F)(F)F)cs1. The summed E-state index contributed by atoms with van der Waals surface area (Å²) in [6, 6.07) is 0. The van der Waals surface area contributed by atoms with E-state index in [0.29, 0.717) is 24.4 Å². The number of hydrogen-bond acceptors (Lipinski definition) is 3. The predicted molar refractivity (Wildman–Crippen MR) is 44.5 cm³/mol. The first-order chi connectivity index (χ1) is 6.04. The van der Waals surface area contributed by atoms with E-state index in [0.717, 1.165) is 16.7 Å². The second-order valence-corrected chi connectivity index (χ2v) is 3.46. The van der Waals surface area contributed by atoms with Crippen molar-refractivity contribution in [1.82, 2.24) is 4.98 Å². The summed E-state index contributed by atoms with van der Waals surface area (Å²) in [4.78, 5) is 3.46. The van der Waals surface area contributed by atoms with Gasteiger partial charge < -0.3 is 5.73 Å². The van der Waals surface area contributed by atoms with Gasteiger partial charge in [-0.2, -0.15) is 13.2 Å². The Bertz CT molecular complexity index is 269. The fourth-order valence-corrected chi connectivity index (χ4v) is 1.66. The molecule has 0 saturated heterocycles. The van der Waals surface area contributed by atoms with Crippen LogP contribution in [0.4, 0.5) is 13.2 Å². The van der Waals surface area contributed by atoms with E-state index in [-0.39, 0.29) is 0 Å². The van der Waals surface area contributed by atoms with Crippen molar-refractivity contribution in [3.63, 3.8) is 0 Å². The summed E-state index contributed by atoms with van der Waals surface area (Å²) in [7, 11) is 0. The molecule has 0 aliphatic heterocycles. The highest BCUT2D eigenvalue weighted by Gasteiger charge is 2.33. The molecule has 0 unspecified atom stereocenters. The Labute approximate surface area is 77.6 Å². The second kappa shape index (κ2) is 4.06. The molecule has 13 heavy (non-hydrogen) atoms. The van der Waals surface area contributed by atoms with Crippen LogP contribution in [0, 0.1) is 0 Å². The van der Waals surface area contributed by atoms with Crippen molar-refractivity contribution in [3.05, 3.63) is 16.1 Å². The summed E-state index contributed by atoms with van der Waals surface area (Å²) in [5.74, 6) is 0. The molecule has 1 heterocycles. The molecule has 6 heteroatoms. The van der Waals surface area contributed by atoms with Crippen LogP contribution in [0.3, 0.4) is 0 Å². The number of aromatic nitrogens is 1. The lowest BCUT2D eigenvalue weighted by Gasteiger charge is -1.99.